The number of hydrogen-bond donors (Lipinski definition) is 1. The highest BCUT2D eigenvalue weighted by Gasteiger charge is 2.04. The van der Waals surface area contributed by atoms with Crippen LogP contribution in [-0.2, 0) is 6.54 Å². The number of nitrogens with zero attached hydrogens (tertiary/aromatic N) is 2. The summed E-state index contributed by atoms with van der Waals surface area (Å²) in [5.74, 6) is 1.71. The molecular formula is C12H21N3. The Morgan fingerprint density at radius 3 is 2.73 bits per heavy atom. The minimum absolute atomic E-state index is 0.657. The van der Waals surface area contributed by atoms with E-state index in [4.69, 9.17) is 0 Å². The van der Waals surface area contributed by atoms with E-state index in [1.54, 1.807) is 0 Å². The lowest BCUT2D eigenvalue weighted by atomic mass is 10.2. The van der Waals surface area contributed by atoms with Gasteiger partial charge in [0.05, 0.1) is 5.69 Å². The third-order valence-corrected chi connectivity index (χ3v) is 2.18. The summed E-state index contributed by atoms with van der Waals surface area (Å²) < 4.78 is 0. The van der Waals surface area contributed by atoms with Crippen molar-refractivity contribution in [3.05, 3.63) is 23.9 Å². The summed E-state index contributed by atoms with van der Waals surface area (Å²) in [4.78, 5) is 6.78. The zero-order valence-electron chi connectivity index (χ0n) is 10.1. The predicted octanol–water partition coefficient (Wildman–Crippen LogP) is 1.89. The fraction of sp³-hybridized carbons (Fsp3) is 0.583. The lowest BCUT2D eigenvalue weighted by Gasteiger charge is -2.20. The van der Waals surface area contributed by atoms with Gasteiger partial charge in [0.1, 0.15) is 5.82 Å². The molecule has 1 aromatic rings. The van der Waals surface area contributed by atoms with Crippen LogP contribution in [0.2, 0.25) is 0 Å². The summed E-state index contributed by atoms with van der Waals surface area (Å²) in [6.45, 7) is 6.29. The third kappa shape index (κ3) is 3.88. The van der Waals surface area contributed by atoms with E-state index in [9.17, 15) is 0 Å². The standard InChI is InChI=1S/C12H21N3/c1-10(2)9-15(4)12-7-5-6-11(14-12)8-13-3/h5-7,10,13H,8-9H2,1-4H3. The van der Waals surface area contributed by atoms with E-state index < -0.39 is 0 Å². The molecule has 0 atom stereocenters. The third-order valence-electron chi connectivity index (χ3n) is 2.18. The molecule has 1 rings (SSSR count). The van der Waals surface area contributed by atoms with Crippen LogP contribution in [0.1, 0.15) is 19.5 Å². The van der Waals surface area contributed by atoms with Crippen LogP contribution in [0.4, 0.5) is 5.82 Å². The summed E-state index contributed by atoms with van der Waals surface area (Å²) in [6.07, 6.45) is 0. The number of anilines is 1. The molecule has 0 unspecified atom stereocenters. The van der Waals surface area contributed by atoms with Crippen LogP contribution in [0.15, 0.2) is 18.2 Å². The van der Waals surface area contributed by atoms with Crippen molar-refractivity contribution in [2.24, 2.45) is 5.92 Å². The zero-order valence-corrected chi connectivity index (χ0v) is 10.1. The molecular weight excluding hydrogens is 186 g/mol. The van der Waals surface area contributed by atoms with Gasteiger partial charge >= 0.3 is 0 Å². The molecule has 1 aromatic heterocycles. The van der Waals surface area contributed by atoms with Gasteiger partial charge in [0.25, 0.3) is 0 Å². The Balaban J connectivity index is 2.71. The van der Waals surface area contributed by atoms with Crippen molar-refractivity contribution >= 4 is 5.82 Å². The molecule has 0 saturated heterocycles. The van der Waals surface area contributed by atoms with E-state index in [2.05, 4.69) is 48.2 Å². The zero-order chi connectivity index (χ0) is 11.3. The van der Waals surface area contributed by atoms with E-state index in [1.807, 2.05) is 13.1 Å². The first kappa shape index (κ1) is 12.0. The Kier molecular flexibility index (Phi) is 4.56. The van der Waals surface area contributed by atoms with Crippen LogP contribution in [-0.4, -0.2) is 25.6 Å². The van der Waals surface area contributed by atoms with E-state index in [0.29, 0.717) is 5.92 Å². The van der Waals surface area contributed by atoms with E-state index in [-0.39, 0.29) is 0 Å². The second-order valence-electron chi connectivity index (χ2n) is 4.29. The average molecular weight is 207 g/mol. The van der Waals surface area contributed by atoms with Gasteiger partial charge in [0.2, 0.25) is 0 Å². The van der Waals surface area contributed by atoms with Gasteiger partial charge in [0, 0.05) is 20.1 Å². The molecule has 0 saturated carbocycles. The Morgan fingerprint density at radius 2 is 2.13 bits per heavy atom. The van der Waals surface area contributed by atoms with Crippen LogP contribution in [0, 0.1) is 5.92 Å². The summed E-state index contributed by atoms with van der Waals surface area (Å²) >= 11 is 0. The van der Waals surface area contributed by atoms with Crippen molar-refractivity contribution < 1.29 is 0 Å². The molecule has 0 aliphatic heterocycles. The second-order valence-corrected chi connectivity index (χ2v) is 4.29. The molecule has 1 heterocycles. The smallest absolute Gasteiger partial charge is 0.128 e. The summed E-state index contributed by atoms with van der Waals surface area (Å²) in [5, 5.41) is 3.11. The second kappa shape index (κ2) is 5.71. The lowest BCUT2D eigenvalue weighted by molar-refractivity contribution is 0.633. The molecule has 3 heteroatoms. The minimum Gasteiger partial charge on any atom is -0.359 e. The van der Waals surface area contributed by atoms with Gasteiger partial charge in [-0.3, -0.25) is 0 Å². The maximum atomic E-state index is 4.58. The molecule has 0 fully saturated rings. The molecule has 0 amide bonds. The first-order chi connectivity index (χ1) is 7.13. The van der Waals surface area contributed by atoms with E-state index >= 15 is 0 Å². The summed E-state index contributed by atoms with van der Waals surface area (Å²) in [6, 6.07) is 6.16. The molecule has 1 N–H and O–H groups in total. The predicted molar refractivity (Wildman–Crippen MR) is 65.1 cm³/mol. The van der Waals surface area contributed by atoms with Gasteiger partial charge in [-0.05, 0) is 25.1 Å². The number of nitrogens with one attached hydrogen (secondary N) is 1. The Labute approximate surface area is 92.5 Å². The van der Waals surface area contributed by atoms with E-state index in [1.165, 1.54) is 0 Å². The fourth-order valence-corrected chi connectivity index (χ4v) is 1.60. The number of rotatable bonds is 5. The van der Waals surface area contributed by atoms with Crippen molar-refractivity contribution in [3.8, 4) is 0 Å². The Bertz CT molecular complexity index is 297. The Hall–Kier alpha value is -1.09. The van der Waals surface area contributed by atoms with Crippen LogP contribution in [0.25, 0.3) is 0 Å². The average Bonchev–Trinajstić information content (AvgIpc) is 2.17. The van der Waals surface area contributed by atoms with Crippen LogP contribution >= 0.6 is 0 Å². The van der Waals surface area contributed by atoms with Crippen molar-refractivity contribution in [2.45, 2.75) is 20.4 Å². The normalized spacial score (nSPS) is 10.7. The monoisotopic (exact) mass is 207 g/mol. The van der Waals surface area contributed by atoms with Crippen molar-refractivity contribution in [2.75, 3.05) is 25.5 Å². The maximum Gasteiger partial charge on any atom is 0.128 e. The first-order valence-electron chi connectivity index (χ1n) is 5.45. The molecule has 0 radical (unpaired) electrons. The molecule has 84 valence electrons. The van der Waals surface area contributed by atoms with Crippen LogP contribution < -0.4 is 10.2 Å². The van der Waals surface area contributed by atoms with Gasteiger partial charge < -0.3 is 10.2 Å². The largest absolute Gasteiger partial charge is 0.359 e. The highest BCUT2D eigenvalue weighted by atomic mass is 15.2. The highest BCUT2D eigenvalue weighted by Crippen LogP contribution is 2.11. The highest BCUT2D eigenvalue weighted by molar-refractivity contribution is 5.38. The molecule has 0 bridgehead atoms. The van der Waals surface area contributed by atoms with Crippen LogP contribution in [0.3, 0.4) is 0 Å². The summed E-state index contributed by atoms with van der Waals surface area (Å²) in [5.41, 5.74) is 1.09. The maximum absolute atomic E-state index is 4.58. The quantitative estimate of drug-likeness (QED) is 0.799. The van der Waals surface area contributed by atoms with Crippen molar-refractivity contribution in [1.82, 2.24) is 10.3 Å². The lowest BCUT2D eigenvalue weighted by Crippen LogP contribution is -2.24. The Morgan fingerprint density at radius 1 is 1.40 bits per heavy atom. The molecule has 0 aliphatic rings. The topological polar surface area (TPSA) is 28.2 Å². The number of hydrogen-bond acceptors (Lipinski definition) is 3. The SMILES string of the molecule is CNCc1cccc(N(C)CC(C)C)n1. The van der Waals surface area contributed by atoms with Crippen molar-refractivity contribution in [3.63, 3.8) is 0 Å². The molecule has 15 heavy (non-hydrogen) atoms. The van der Waals surface area contributed by atoms with Gasteiger partial charge in [-0.1, -0.05) is 19.9 Å². The van der Waals surface area contributed by atoms with Gasteiger partial charge in [-0.2, -0.15) is 0 Å². The molecule has 0 aliphatic carbocycles. The van der Waals surface area contributed by atoms with Crippen LogP contribution in [0.5, 0.6) is 0 Å². The fourth-order valence-electron chi connectivity index (χ4n) is 1.60. The summed E-state index contributed by atoms with van der Waals surface area (Å²) in [7, 11) is 4.03. The molecule has 0 aromatic carbocycles. The first-order valence-corrected chi connectivity index (χ1v) is 5.45. The van der Waals surface area contributed by atoms with Gasteiger partial charge in [0.15, 0.2) is 0 Å². The van der Waals surface area contributed by atoms with E-state index in [0.717, 1.165) is 24.6 Å². The molecule has 3 nitrogen and oxygen atoms in total. The molecule has 0 spiro atoms. The number of pyridine rings is 1. The van der Waals surface area contributed by atoms with Gasteiger partial charge in [-0.25, -0.2) is 4.98 Å². The van der Waals surface area contributed by atoms with Gasteiger partial charge in [-0.15, -0.1) is 0 Å². The van der Waals surface area contributed by atoms with Crippen molar-refractivity contribution in [1.29, 1.82) is 0 Å². The number of aromatic nitrogens is 1. The minimum atomic E-state index is 0.657.